The standard InChI is InChI=1S/C25H27ClN4O/c26-20-5-3-4-19(18-20)25(31)29-23-7-9-24(10-8-23)30-16-12-22(13-17-30)28-15-11-21-6-1-2-14-27-21/h1-10,14,18,22,28H,11-13,15-17H2,(H,29,31). The fourth-order valence-electron chi connectivity index (χ4n) is 3.88. The Balaban J connectivity index is 1.23. The lowest BCUT2D eigenvalue weighted by atomic mass is 10.0. The summed E-state index contributed by atoms with van der Waals surface area (Å²) >= 11 is 5.97. The molecule has 3 aromatic rings. The Bertz CT molecular complexity index is 986. The van der Waals surface area contributed by atoms with Gasteiger partial charge in [-0.15, -0.1) is 0 Å². The van der Waals surface area contributed by atoms with Crippen LogP contribution in [0.4, 0.5) is 11.4 Å². The molecule has 0 atom stereocenters. The predicted octanol–water partition coefficient (Wildman–Crippen LogP) is 4.79. The highest BCUT2D eigenvalue weighted by Gasteiger charge is 2.19. The summed E-state index contributed by atoms with van der Waals surface area (Å²) in [6, 6.07) is 21.6. The normalized spacial score (nSPS) is 14.4. The number of anilines is 2. The second kappa shape index (κ2) is 10.4. The first-order valence-corrected chi connectivity index (χ1v) is 11.1. The average molecular weight is 435 g/mol. The maximum absolute atomic E-state index is 12.4. The zero-order chi connectivity index (χ0) is 21.5. The van der Waals surface area contributed by atoms with E-state index in [0.717, 1.165) is 50.3 Å². The van der Waals surface area contributed by atoms with E-state index in [4.69, 9.17) is 11.6 Å². The van der Waals surface area contributed by atoms with Crippen molar-refractivity contribution in [2.75, 3.05) is 29.9 Å². The molecule has 0 spiro atoms. The Morgan fingerprint density at radius 2 is 1.84 bits per heavy atom. The summed E-state index contributed by atoms with van der Waals surface area (Å²) in [6.07, 6.45) is 5.05. The van der Waals surface area contributed by atoms with Crippen LogP contribution in [0.3, 0.4) is 0 Å². The molecule has 2 aromatic carbocycles. The summed E-state index contributed by atoms with van der Waals surface area (Å²) in [6.45, 7) is 3.01. The molecule has 0 bridgehead atoms. The van der Waals surface area contributed by atoms with E-state index in [9.17, 15) is 4.79 Å². The van der Waals surface area contributed by atoms with Gasteiger partial charge in [0.1, 0.15) is 0 Å². The second-order valence-electron chi connectivity index (χ2n) is 7.80. The van der Waals surface area contributed by atoms with Gasteiger partial charge >= 0.3 is 0 Å². The van der Waals surface area contributed by atoms with E-state index < -0.39 is 0 Å². The third-order valence-electron chi connectivity index (χ3n) is 5.61. The van der Waals surface area contributed by atoms with Crippen molar-refractivity contribution in [1.82, 2.24) is 10.3 Å². The zero-order valence-corrected chi connectivity index (χ0v) is 18.2. The SMILES string of the molecule is O=C(Nc1ccc(N2CCC(NCCc3ccccn3)CC2)cc1)c1cccc(Cl)c1. The van der Waals surface area contributed by atoms with E-state index in [1.54, 1.807) is 24.3 Å². The van der Waals surface area contributed by atoms with Crippen LogP contribution in [0.15, 0.2) is 72.9 Å². The van der Waals surface area contributed by atoms with Crippen LogP contribution in [-0.2, 0) is 6.42 Å². The average Bonchev–Trinajstić information content (AvgIpc) is 2.81. The van der Waals surface area contributed by atoms with Gasteiger partial charge in [-0.05, 0) is 67.4 Å². The van der Waals surface area contributed by atoms with Crippen molar-refractivity contribution < 1.29 is 4.79 Å². The zero-order valence-electron chi connectivity index (χ0n) is 17.4. The lowest BCUT2D eigenvalue weighted by Gasteiger charge is -2.34. The molecule has 1 amide bonds. The van der Waals surface area contributed by atoms with E-state index in [0.29, 0.717) is 16.6 Å². The smallest absolute Gasteiger partial charge is 0.255 e. The number of nitrogens with one attached hydrogen (secondary N) is 2. The molecule has 2 heterocycles. The lowest BCUT2D eigenvalue weighted by molar-refractivity contribution is 0.102. The number of halogens is 1. The minimum atomic E-state index is -0.159. The molecule has 5 nitrogen and oxygen atoms in total. The molecule has 1 fully saturated rings. The Kier molecular flexibility index (Phi) is 7.18. The molecule has 1 aliphatic heterocycles. The van der Waals surface area contributed by atoms with Crippen LogP contribution in [0.5, 0.6) is 0 Å². The minimum absolute atomic E-state index is 0.159. The molecule has 0 aliphatic carbocycles. The van der Waals surface area contributed by atoms with Gasteiger partial charge in [-0.25, -0.2) is 0 Å². The minimum Gasteiger partial charge on any atom is -0.371 e. The molecule has 6 heteroatoms. The highest BCUT2D eigenvalue weighted by molar-refractivity contribution is 6.31. The first kappa shape index (κ1) is 21.3. The van der Waals surface area contributed by atoms with Gasteiger partial charge in [0.05, 0.1) is 0 Å². The van der Waals surface area contributed by atoms with Gasteiger partial charge in [0, 0.05) is 65.9 Å². The predicted molar refractivity (Wildman–Crippen MR) is 127 cm³/mol. The first-order chi connectivity index (χ1) is 15.2. The summed E-state index contributed by atoms with van der Waals surface area (Å²) in [5.74, 6) is -0.159. The van der Waals surface area contributed by atoms with Crippen LogP contribution in [-0.4, -0.2) is 36.6 Å². The van der Waals surface area contributed by atoms with Crippen LogP contribution < -0.4 is 15.5 Å². The first-order valence-electron chi connectivity index (χ1n) is 10.7. The monoisotopic (exact) mass is 434 g/mol. The third-order valence-corrected chi connectivity index (χ3v) is 5.85. The number of amides is 1. The molecule has 160 valence electrons. The van der Waals surface area contributed by atoms with Crippen molar-refractivity contribution in [2.45, 2.75) is 25.3 Å². The van der Waals surface area contributed by atoms with Gasteiger partial charge in [0.15, 0.2) is 0 Å². The van der Waals surface area contributed by atoms with Crippen molar-refractivity contribution in [2.24, 2.45) is 0 Å². The van der Waals surface area contributed by atoms with Crippen molar-refractivity contribution in [3.8, 4) is 0 Å². The molecule has 0 saturated carbocycles. The van der Waals surface area contributed by atoms with E-state index >= 15 is 0 Å². The summed E-state index contributed by atoms with van der Waals surface area (Å²) in [5, 5.41) is 7.15. The quantitative estimate of drug-likeness (QED) is 0.561. The molecule has 4 rings (SSSR count). The lowest BCUT2D eigenvalue weighted by Crippen LogP contribution is -2.43. The molecule has 0 radical (unpaired) electrons. The largest absolute Gasteiger partial charge is 0.371 e. The number of hydrogen-bond donors (Lipinski definition) is 2. The number of nitrogens with zero attached hydrogens (tertiary/aromatic N) is 2. The third kappa shape index (κ3) is 6.06. The number of rotatable bonds is 7. The van der Waals surface area contributed by atoms with E-state index in [-0.39, 0.29) is 5.91 Å². The highest BCUT2D eigenvalue weighted by atomic mass is 35.5. The Labute approximate surface area is 188 Å². The van der Waals surface area contributed by atoms with Crippen LogP contribution in [0.2, 0.25) is 5.02 Å². The van der Waals surface area contributed by atoms with Gasteiger partial charge in [-0.1, -0.05) is 23.7 Å². The Hall–Kier alpha value is -2.89. The van der Waals surface area contributed by atoms with Crippen LogP contribution in [0.25, 0.3) is 0 Å². The van der Waals surface area contributed by atoms with E-state index in [1.165, 1.54) is 5.69 Å². The van der Waals surface area contributed by atoms with E-state index in [2.05, 4.69) is 38.7 Å². The number of aromatic nitrogens is 1. The van der Waals surface area contributed by atoms with Gasteiger partial charge in [0.2, 0.25) is 0 Å². The van der Waals surface area contributed by atoms with Crippen LogP contribution in [0.1, 0.15) is 28.9 Å². The second-order valence-corrected chi connectivity index (χ2v) is 8.23. The molecule has 1 aliphatic rings. The molecular weight excluding hydrogens is 408 g/mol. The van der Waals surface area contributed by atoms with Crippen molar-refractivity contribution in [3.05, 3.63) is 89.2 Å². The van der Waals surface area contributed by atoms with Gasteiger partial charge in [-0.3, -0.25) is 9.78 Å². The summed E-state index contributed by atoms with van der Waals surface area (Å²) in [4.78, 5) is 19.2. The number of benzene rings is 2. The van der Waals surface area contributed by atoms with Crippen molar-refractivity contribution in [1.29, 1.82) is 0 Å². The molecule has 2 N–H and O–H groups in total. The van der Waals surface area contributed by atoms with Crippen molar-refractivity contribution >= 4 is 28.9 Å². The van der Waals surface area contributed by atoms with Crippen LogP contribution in [0, 0.1) is 0 Å². The Morgan fingerprint density at radius 1 is 1.03 bits per heavy atom. The number of pyridine rings is 1. The molecule has 31 heavy (non-hydrogen) atoms. The van der Waals surface area contributed by atoms with Gasteiger partial charge in [-0.2, -0.15) is 0 Å². The maximum Gasteiger partial charge on any atom is 0.255 e. The molecule has 1 saturated heterocycles. The van der Waals surface area contributed by atoms with Crippen molar-refractivity contribution in [3.63, 3.8) is 0 Å². The molecule has 1 aromatic heterocycles. The summed E-state index contributed by atoms with van der Waals surface area (Å²) in [7, 11) is 0. The number of carbonyl (C=O) groups excluding carboxylic acids is 1. The van der Waals surface area contributed by atoms with Gasteiger partial charge in [0.25, 0.3) is 5.91 Å². The number of piperidine rings is 1. The topological polar surface area (TPSA) is 57.3 Å². The fourth-order valence-corrected chi connectivity index (χ4v) is 4.07. The number of hydrogen-bond acceptors (Lipinski definition) is 4. The summed E-state index contributed by atoms with van der Waals surface area (Å²) in [5.41, 5.74) is 3.65. The Morgan fingerprint density at radius 3 is 2.55 bits per heavy atom. The maximum atomic E-state index is 12.4. The molecule has 0 unspecified atom stereocenters. The summed E-state index contributed by atoms with van der Waals surface area (Å²) < 4.78 is 0. The fraction of sp³-hybridized carbons (Fsp3) is 0.280. The van der Waals surface area contributed by atoms with Gasteiger partial charge < -0.3 is 15.5 Å². The number of carbonyl (C=O) groups is 1. The molecular formula is C25H27ClN4O. The highest BCUT2D eigenvalue weighted by Crippen LogP contribution is 2.23. The van der Waals surface area contributed by atoms with Crippen LogP contribution >= 0.6 is 11.6 Å². The van der Waals surface area contributed by atoms with E-state index in [1.807, 2.05) is 30.5 Å².